The van der Waals surface area contributed by atoms with Gasteiger partial charge < -0.3 is 0 Å². The van der Waals surface area contributed by atoms with Crippen LogP contribution in [0.1, 0.15) is 49.2 Å². The molecule has 0 saturated heterocycles. The molecule has 0 unspecified atom stereocenters. The van der Waals surface area contributed by atoms with Gasteiger partial charge in [0.1, 0.15) is 0 Å². The number of Topliss-reactive ketones (excluding diaryl/α,β-unsaturated/α-hetero) is 1. The van der Waals surface area contributed by atoms with Crippen LogP contribution < -0.4 is 0 Å². The summed E-state index contributed by atoms with van der Waals surface area (Å²) in [5.41, 5.74) is 3.56. The second-order valence-corrected chi connectivity index (χ2v) is 5.59. The van der Waals surface area contributed by atoms with Gasteiger partial charge in [-0.3, -0.25) is 4.79 Å². The first-order chi connectivity index (χ1) is 6.89. The van der Waals surface area contributed by atoms with Crippen molar-refractivity contribution in [3.63, 3.8) is 0 Å². The number of ketones is 1. The van der Waals surface area contributed by atoms with Crippen molar-refractivity contribution in [3.05, 3.63) is 34.9 Å². The van der Waals surface area contributed by atoms with Gasteiger partial charge in [-0.25, -0.2) is 0 Å². The van der Waals surface area contributed by atoms with E-state index in [4.69, 9.17) is 0 Å². The number of carbonyl (C=O) groups is 1. The molecule has 0 fully saturated rings. The summed E-state index contributed by atoms with van der Waals surface area (Å²) in [6.07, 6.45) is 0.915. The molecule has 0 aromatic heterocycles. The van der Waals surface area contributed by atoms with E-state index in [0.29, 0.717) is 5.78 Å². The summed E-state index contributed by atoms with van der Waals surface area (Å²) in [4.78, 5) is 11.9. The summed E-state index contributed by atoms with van der Waals surface area (Å²) >= 11 is 0. The average molecular weight is 202 g/mol. The molecule has 15 heavy (non-hydrogen) atoms. The zero-order valence-electron chi connectivity index (χ0n) is 9.92. The molecule has 0 N–H and O–H groups in total. The van der Waals surface area contributed by atoms with Crippen LogP contribution in [0.3, 0.4) is 0 Å². The summed E-state index contributed by atoms with van der Waals surface area (Å²) in [6, 6.07) is 6.36. The zero-order chi connectivity index (χ0) is 11.2. The Morgan fingerprint density at radius 2 is 1.93 bits per heavy atom. The molecule has 1 aromatic rings. The third-order valence-electron chi connectivity index (χ3n) is 3.22. The fourth-order valence-electron chi connectivity index (χ4n) is 2.14. The van der Waals surface area contributed by atoms with Gasteiger partial charge in [0.05, 0.1) is 0 Å². The lowest BCUT2D eigenvalue weighted by Gasteiger charge is -2.19. The molecule has 0 saturated carbocycles. The van der Waals surface area contributed by atoms with Gasteiger partial charge in [0.15, 0.2) is 5.78 Å². The molecule has 2 rings (SSSR count). The van der Waals surface area contributed by atoms with Gasteiger partial charge >= 0.3 is 0 Å². The maximum atomic E-state index is 11.9. The van der Waals surface area contributed by atoms with Gasteiger partial charge in [-0.05, 0) is 29.0 Å². The zero-order valence-corrected chi connectivity index (χ0v) is 9.92. The van der Waals surface area contributed by atoms with Crippen LogP contribution in [0.2, 0.25) is 0 Å². The largest absolute Gasteiger partial charge is 0.294 e. The van der Waals surface area contributed by atoms with E-state index in [9.17, 15) is 4.79 Å². The standard InChI is InChI=1S/C14H18O/c1-9-7-10-5-6-11(14(2,3)4)8-12(10)13(9)15/h5-6,8-9H,7H2,1-4H3/t9-/m1/s1. The Labute approximate surface area is 91.5 Å². The predicted octanol–water partition coefficient (Wildman–Crippen LogP) is 3.36. The van der Waals surface area contributed by atoms with E-state index in [0.717, 1.165) is 12.0 Å². The molecule has 0 aliphatic heterocycles. The third kappa shape index (κ3) is 1.71. The minimum absolute atomic E-state index is 0.126. The first-order valence-electron chi connectivity index (χ1n) is 5.57. The van der Waals surface area contributed by atoms with E-state index in [1.54, 1.807) is 0 Å². The molecule has 1 aliphatic carbocycles. The Hall–Kier alpha value is -1.11. The third-order valence-corrected chi connectivity index (χ3v) is 3.22. The number of hydrogen-bond acceptors (Lipinski definition) is 1. The monoisotopic (exact) mass is 202 g/mol. The van der Waals surface area contributed by atoms with Crippen LogP contribution in [-0.4, -0.2) is 5.78 Å². The Morgan fingerprint density at radius 3 is 2.53 bits per heavy atom. The summed E-state index contributed by atoms with van der Waals surface area (Å²) in [6.45, 7) is 8.55. The van der Waals surface area contributed by atoms with Crippen molar-refractivity contribution < 1.29 is 4.79 Å². The van der Waals surface area contributed by atoms with Crippen molar-refractivity contribution >= 4 is 5.78 Å². The maximum Gasteiger partial charge on any atom is 0.166 e. The number of carbonyl (C=O) groups excluding carboxylic acids is 1. The predicted molar refractivity (Wildman–Crippen MR) is 62.3 cm³/mol. The molecular formula is C14H18O. The lowest BCUT2D eigenvalue weighted by atomic mass is 9.85. The molecule has 80 valence electrons. The lowest BCUT2D eigenvalue weighted by molar-refractivity contribution is 0.0946. The van der Waals surface area contributed by atoms with Gasteiger partial charge in [-0.1, -0.05) is 39.8 Å². The number of rotatable bonds is 0. The second-order valence-electron chi connectivity index (χ2n) is 5.59. The second kappa shape index (κ2) is 3.19. The van der Waals surface area contributed by atoms with Crippen molar-refractivity contribution in [1.82, 2.24) is 0 Å². The highest BCUT2D eigenvalue weighted by atomic mass is 16.1. The highest BCUT2D eigenvalue weighted by Gasteiger charge is 2.28. The van der Waals surface area contributed by atoms with E-state index < -0.39 is 0 Å². The lowest BCUT2D eigenvalue weighted by Crippen LogP contribution is -2.12. The number of hydrogen-bond donors (Lipinski definition) is 0. The molecule has 0 radical (unpaired) electrons. The van der Waals surface area contributed by atoms with Crippen LogP contribution in [0.25, 0.3) is 0 Å². The molecular weight excluding hydrogens is 184 g/mol. The van der Waals surface area contributed by atoms with Crippen molar-refractivity contribution in [1.29, 1.82) is 0 Å². The SMILES string of the molecule is C[C@@H]1Cc2ccc(C(C)(C)C)cc2C1=O. The fraction of sp³-hybridized carbons (Fsp3) is 0.500. The van der Waals surface area contributed by atoms with E-state index >= 15 is 0 Å². The summed E-state index contributed by atoms with van der Waals surface area (Å²) < 4.78 is 0. The van der Waals surface area contributed by atoms with Gasteiger partial charge in [0, 0.05) is 11.5 Å². The van der Waals surface area contributed by atoms with Gasteiger partial charge in [-0.2, -0.15) is 0 Å². The molecule has 0 heterocycles. The summed E-state index contributed by atoms with van der Waals surface area (Å²) in [7, 11) is 0. The Morgan fingerprint density at radius 1 is 1.27 bits per heavy atom. The molecule has 1 nitrogen and oxygen atoms in total. The van der Waals surface area contributed by atoms with Gasteiger partial charge in [-0.15, -0.1) is 0 Å². The minimum Gasteiger partial charge on any atom is -0.294 e. The van der Waals surface area contributed by atoms with Crippen molar-refractivity contribution in [2.45, 2.75) is 39.5 Å². The van der Waals surface area contributed by atoms with Crippen LogP contribution in [0.5, 0.6) is 0 Å². The van der Waals surface area contributed by atoms with Crippen LogP contribution in [0.4, 0.5) is 0 Å². The van der Waals surface area contributed by atoms with Gasteiger partial charge in [0.2, 0.25) is 0 Å². The Balaban J connectivity index is 2.49. The van der Waals surface area contributed by atoms with E-state index in [-0.39, 0.29) is 11.3 Å². The first kappa shape index (κ1) is 10.4. The molecule has 1 heteroatoms. The molecule has 0 amide bonds. The fourth-order valence-corrected chi connectivity index (χ4v) is 2.14. The van der Waals surface area contributed by atoms with Crippen molar-refractivity contribution in [3.8, 4) is 0 Å². The molecule has 0 spiro atoms. The van der Waals surface area contributed by atoms with Crippen LogP contribution >= 0.6 is 0 Å². The molecule has 1 aromatic carbocycles. The Kier molecular flexibility index (Phi) is 2.22. The maximum absolute atomic E-state index is 11.9. The van der Waals surface area contributed by atoms with Crippen LogP contribution in [0, 0.1) is 5.92 Å². The molecule has 0 bridgehead atoms. The van der Waals surface area contributed by atoms with Crippen molar-refractivity contribution in [2.24, 2.45) is 5.92 Å². The van der Waals surface area contributed by atoms with Gasteiger partial charge in [0.25, 0.3) is 0 Å². The molecule has 1 aliphatic rings. The highest BCUT2D eigenvalue weighted by Crippen LogP contribution is 2.31. The van der Waals surface area contributed by atoms with Crippen LogP contribution in [-0.2, 0) is 11.8 Å². The van der Waals surface area contributed by atoms with E-state index in [2.05, 4.69) is 39.0 Å². The normalized spacial score (nSPS) is 20.5. The number of fused-ring (bicyclic) bond motifs is 1. The molecule has 1 atom stereocenters. The first-order valence-corrected chi connectivity index (χ1v) is 5.57. The minimum atomic E-state index is 0.126. The number of benzene rings is 1. The highest BCUT2D eigenvalue weighted by molar-refractivity contribution is 6.02. The summed E-state index contributed by atoms with van der Waals surface area (Å²) in [5.74, 6) is 0.492. The topological polar surface area (TPSA) is 17.1 Å². The van der Waals surface area contributed by atoms with E-state index in [1.807, 2.05) is 6.92 Å². The quantitative estimate of drug-likeness (QED) is 0.630. The van der Waals surface area contributed by atoms with E-state index in [1.165, 1.54) is 11.1 Å². The Bertz CT molecular complexity index is 410. The van der Waals surface area contributed by atoms with Crippen LogP contribution in [0.15, 0.2) is 18.2 Å². The smallest absolute Gasteiger partial charge is 0.166 e. The summed E-state index contributed by atoms with van der Waals surface area (Å²) in [5, 5.41) is 0. The average Bonchev–Trinajstić information content (AvgIpc) is 2.41. The van der Waals surface area contributed by atoms with Crippen molar-refractivity contribution in [2.75, 3.05) is 0 Å².